The Hall–Kier alpha value is -1.88. The third kappa shape index (κ3) is 2.99. The van der Waals surface area contributed by atoms with E-state index in [1.165, 1.54) is 20.0 Å². The number of hydrogen-bond donors (Lipinski definition) is 1. The summed E-state index contributed by atoms with van der Waals surface area (Å²) in [5.74, 6) is 0.304. The number of ether oxygens (including phenoxy) is 1. The van der Waals surface area contributed by atoms with E-state index < -0.39 is 0 Å². The smallest absolute Gasteiger partial charge is 0.250 e. The quantitative estimate of drug-likeness (QED) is 0.929. The summed E-state index contributed by atoms with van der Waals surface area (Å²) in [7, 11) is 1.49. The minimum atomic E-state index is -0.167. The van der Waals surface area contributed by atoms with E-state index in [9.17, 15) is 9.59 Å². The molecule has 2 aliphatic rings. The molecule has 0 atom stereocenters. The van der Waals surface area contributed by atoms with E-state index in [0.717, 1.165) is 42.7 Å². The van der Waals surface area contributed by atoms with E-state index in [1.54, 1.807) is 0 Å². The lowest BCUT2D eigenvalue weighted by molar-refractivity contribution is -0.122. The predicted molar refractivity (Wildman–Crippen MR) is 85.0 cm³/mol. The van der Waals surface area contributed by atoms with Crippen molar-refractivity contribution in [2.45, 2.75) is 32.1 Å². The van der Waals surface area contributed by atoms with Gasteiger partial charge in [-0.25, -0.2) is 0 Å². The fraction of sp³-hybridized carbons (Fsp3) is 0.529. The largest absolute Gasteiger partial charge is 0.375 e. The lowest BCUT2D eigenvalue weighted by Gasteiger charge is -2.21. The Morgan fingerprint density at radius 2 is 2.09 bits per heavy atom. The fourth-order valence-electron chi connectivity index (χ4n) is 3.43. The molecule has 0 unspecified atom stereocenters. The summed E-state index contributed by atoms with van der Waals surface area (Å²) >= 11 is 0. The Bertz CT molecular complexity index is 579. The van der Waals surface area contributed by atoms with E-state index in [-0.39, 0.29) is 24.3 Å². The van der Waals surface area contributed by atoms with Crippen LogP contribution < -0.4 is 10.2 Å². The number of fused-ring (bicyclic) bond motifs is 1. The maximum Gasteiger partial charge on any atom is 0.250 e. The summed E-state index contributed by atoms with van der Waals surface area (Å²) in [5, 5.41) is 2.80. The van der Waals surface area contributed by atoms with Crippen LogP contribution in [0.1, 0.15) is 31.2 Å². The normalized spacial score (nSPS) is 17.6. The molecule has 0 bridgehead atoms. The van der Waals surface area contributed by atoms with Gasteiger partial charge in [-0.05, 0) is 43.0 Å². The van der Waals surface area contributed by atoms with Crippen molar-refractivity contribution in [3.05, 3.63) is 23.8 Å². The predicted octanol–water partition coefficient (Wildman–Crippen LogP) is 2.35. The second-order valence-electron chi connectivity index (χ2n) is 6.05. The van der Waals surface area contributed by atoms with Crippen LogP contribution in [0.2, 0.25) is 0 Å². The molecule has 1 aromatic carbocycles. The van der Waals surface area contributed by atoms with Crippen molar-refractivity contribution in [3.63, 3.8) is 0 Å². The number of nitrogens with one attached hydrogen (secondary N) is 1. The third-order valence-corrected chi connectivity index (χ3v) is 4.50. The van der Waals surface area contributed by atoms with Crippen LogP contribution >= 0.6 is 0 Å². The van der Waals surface area contributed by atoms with Gasteiger partial charge < -0.3 is 15.0 Å². The second kappa shape index (κ2) is 6.48. The topological polar surface area (TPSA) is 58.6 Å². The van der Waals surface area contributed by atoms with E-state index in [4.69, 9.17) is 4.74 Å². The standard InChI is InChI=1S/C17H22N2O3/c1-22-11-16(20)18-14-6-7-15-13(10-14)8-9-19(15)17(21)12-4-2-3-5-12/h6-7,10,12H,2-5,8-9,11H2,1H3,(H,18,20). The van der Waals surface area contributed by atoms with Crippen LogP contribution in [-0.4, -0.2) is 32.1 Å². The fourth-order valence-corrected chi connectivity index (χ4v) is 3.43. The van der Waals surface area contributed by atoms with Gasteiger partial charge in [-0.15, -0.1) is 0 Å². The van der Waals surface area contributed by atoms with Crippen molar-refractivity contribution in [1.82, 2.24) is 0 Å². The summed E-state index contributed by atoms with van der Waals surface area (Å²) < 4.78 is 4.81. The summed E-state index contributed by atoms with van der Waals surface area (Å²) in [6, 6.07) is 5.76. The molecular formula is C17H22N2O3. The number of nitrogens with zero attached hydrogens (tertiary/aromatic N) is 1. The molecule has 1 N–H and O–H groups in total. The molecule has 1 fully saturated rings. The highest BCUT2D eigenvalue weighted by Crippen LogP contribution is 2.34. The van der Waals surface area contributed by atoms with Crippen molar-refractivity contribution in [3.8, 4) is 0 Å². The van der Waals surface area contributed by atoms with E-state index in [0.29, 0.717) is 0 Å². The molecule has 5 heteroatoms. The Balaban J connectivity index is 1.72. The molecule has 1 aromatic rings. The molecule has 0 aromatic heterocycles. The number of benzene rings is 1. The van der Waals surface area contributed by atoms with Crippen molar-refractivity contribution in [2.75, 3.05) is 30.5 Å². The van der Waals surface area contributed by atoms with Crippen LogP contribution in [0.25, 0.3) is 0 Å². The molecule has 0 radical (unpaired) electrons. The average molecular weight is 302 g/mol. The zero-order valence-electron chi connectivity index (χ0n) is 12.9. The van der Waals surface area contributed by atoms with Crippen molar-refractivity contribution in [1.29, 1.82) is 0 Å². The molecule has 22 heavy (non-hydrogen) atoms. The molecule has 0 saturated heterocycles. The highest BCUT2D eigenvalue weighted by molar-refractivity contribution is 5.98. The van der Waals surface area contributed by atoms with Gasteiger partial charge in [-0.1, -0.05) is 12.8 Å². The van der Waals surface area contributed by atoms with Gasteiger partial charge in [0.25, 0.3) is 0 Å². The van der Waals surface area contributed by atoms with Crippen molar-refractivity contribution < 1.29 is 14.3 Å². The Morgan fingerprint density at radius 1 is 1.32 bits per heavy atom. The average Bonchev–Trinajstić information content (AvgIpc) is 3.16. The molecule has 118 valence electrons. The number of anilines is 2. The zero-order valence-corrected chi connectivity index (χ0v) is 12.9. The maximum absolute atomic E-state index is 12.6. The first-order valence-electron chi connectivity index (χ1n) is 7.92. The van der Waals surface area contributed by atoms with E-state index in [2.05, 4.69) is 5.32 Å². The molecule has 1 heterocycles. The summed E-state index contributed by atoms with van der Waals surface area (Å²) in [6.07, 6.45) is 5.23. The highest BCUT2D eigenvalue weighted by atomic mass is 16.5. The second-order valence-corrected chi connectivity index (χ2v) is 6.05. The van der Waals surface area contributed by atoms with Crippen LogP contribution in [0, 0.1) is 5.92 Å². The number of amides is 2. The summed E-state index contributed by atoms with van der Waals surface area (Å²) in [6.45, 7) is 0.795. The van der Waals surface area contributed by atoms with Crippen LogP contribution in [0.5, 0.6) is 0 Å². The van der Waals surface area contributed by atoms with Gasteiger partial charge in [-0.3, -0.25) is 9.59 Å². The third-order valence-electron chi connectivity index (χ3n) is 4.50. The number of hydrogen-bond acceptors (Lipinski definition) is 3. The van der Waals surface area contributed by atoms with Crippen molar-refractivity contribution >= 4 is 23.2 Å². The maximum atomic E-state index is 12.6. The van der Waals surface area contributed by atoms with Gasteiger partial charge in [0.2, 0.25) is 11.8 Å². The van der Waals surface area contributed by atoms with E-state index >= 15 is 0 Å². The van der Waals surface area contributed by atoms with E-state index in [1.807, 2.05) is 23.1 Å². The van der Waals surface area contributed by atoms with Crippen LogP contribution in [-0.2, 0) is 20.7 Å². The Morgan fingerprint density at radius 3 is 2.82 bits per heavy atom. The lowest BCUT2D eigenvalue weighted by Crippen LogP contribution is -2.33. The van der Waals surface area contributed by atoms with Gasteiger partial charge >= 0.3 is 0 Å². The number of rotatable bonds is 4. The van der Waals surface area contributed by atoms with Gasteiger partial charge in [0.15, 0.2) is 0 Å². The number of methoxy groups -OCH3 is 1. The molecule has 1 saturated carbocycles. The van der Waals surface area contributed by atoms with Crippen molar-refractivity contribution in [2.24, 2.45) is 5.92 Å². The number of carbonyl (C=O) groups is 2. The molecule has 1 aliphatic heterocycles. The van der Waals surface area contributed by atoms with Crippen LogP contribution in [0.15, 0.2) is 18.2 Å². The first-order chi connectivity index (χ1) is 10.7. The van der Waals surface area contributed by atoms with Crippen LogP contribution in [0.3, 0.4) is 0 Å². The molecule has 3 rings (SSSR count). The monoisotopic (exact) mass is 302 g/mol. The van der Waals surface area contributed by atoms with Gasteiger partial charge in [-0.2, -0.15) is 0 Å². The zero-order chi connectivity index (χ0) is 15.5. The summed E-state index contributed by atoms with van der Waals surface area (Å²) in [4.78, 5) is 26.1. The SMILES string of the molecule is COCC(=O)Nc1ccc2c(c1)CCN2C(=O)C1CCCC1. The molecular weight excluding hydrogens is 280 g/mol. The first-order valence-corrected chi connectivity index (χ1v) is 7.92. The minimum Gasteiger partial charge on any atom is -0.375 e. The number of carbonyl (C=O) groups excluding carboxylic acids is 2. The van der Waals surface area contributed by atoms with Gasteiger partial charge in [0.05, 0.1) is 0 Å². The molecule has 1 aliphatic carbocycles. The summed E-state index contributed by atoms with van der Waals surface area (Å²) in [5.41, 5.74) is 2.89. The molecule has 2 amide bonds. The van der Waals surface area contributed by atoms with Gasteiger partial charge in [0, 0.05) is 30.9 Å². The first kappa shape index (κ1) is 15.0. The Labute approximate surface area is 130 Å². The van der Waals surface area contributed by atoms with Gasteiger partial charge in [0.1, 0.15) is 6.61 Å². The lowest BCUT2D eigenvalue weighted by atomic mass is 10.1. The van der Waals surface area contributed by atoms with Crippen LogP contribution in [0.4, 0.5) is 11.4 Å². The minimum absolute atomic E-state index is 0.0450. The molecule has 5 nitrogen and oxygen atoms in total. The molecule has 0 spiro atoms. The Kier molecular flexibility index (Phi) is 4.43. The highest BCUT2D eigenvalue weighted by Gasteiger charge is 2.31.